The van der Waals surface area contributed by atoms with Gasteiger partial charge in [-0.2, -0.15) is 8.42 Å². The molecule has 0 spiro atoms. The van der Waals surface area contributed by atoms with E-state index in [1.54, 1.807) is 0 Å². The van der Waals surface area contributed by atoms with Gasteiger partial charge < -0.3 is 5.32 Å². The van der Waals surface area contributed by atoms with Crippen LogP contribution in [0.2, 0.25) is 0 Å². The second kappa shape index (κ2) is 4.47. The molecule has 1 aliphatic rings. The third kappa shape index (κ3) is 2.65. The van der Waals surface area contributed by atoms with Crippen molar-refractivity contribution < 1.29 is 25.9 Å². The number of benzene rings is 1. The van der Waals surface area contributed by atoms with E-state index in [9.17, 15) is 25.9 Å². The van der Waals surface area contributed by atoms with E-state index in [1.807, 2.05) is 0 Å². The Hall–Kier alpha value is -1.57. The molecule has 0 saturated heterocycles. The fraction of sp³-hybridized carbons (Fsp3) is 0.417. The minimum absolute atomic E-state index is 0.0377. The average molecular weight is 307 g/mol. The van der Waals surface area contributed by atoms with Crippen LogP contribution in [-0.2, 0) is 15.0 Å². The maximum absolute atomic E-state index is 13.4. The number of halogens is 3. The number of alkyl halides is 2. The summed E-state index contributed by atoms with van der Waals surface area (Å²) < 4.78 is 61.0. The first-order chi connectivity index (χ1) is 9.06. The minimum atomic E-state index is -4.91. The van der Waals surface area contributed by atoms with Gasteiger partial charge in [-0.3, -0.25) is 4.79 Å². The van der Waals surface area contributed by atoms with Crippen molar-refractivity contribution in [2.24, 2.45) is 5.41 Å². The van der Waals surface area contributed by atoms with Crippen LogP contribution in [0.5, 0.6) is 0 Å². The molecule has 0 aliphatic heterocycles. The van der Waals surface area contributed by atoms with Crippen LogP contribution in [0.1, 0.15) is 19.8 Å². The van der Waals surface area contributed by atoms with Gasteiger partial charge in [0, 0.05) is 12.6 Å². The van der Waals surface area contributed by atoms with Crippen LogP contribution >= 0.6 is 0 Å². The summed E-state index contributed by atoms with van der Waals surface area (Å²) in [6.07, 6.45) is 0.118. The predicted molar refractivity (Wildman–Crippen MR) is 65.7 cm³/mol. The summed E-state index contributed by atoms with van der Waals surface area (Å²) in [6, 6.07) is 4.41. The number of hydrogen-bond donors (Lipinski definition) is 1. The zero-order valence-electron chi connectivity index (χ0n) is 10.5. The molecule has 1 aliphatic carbocycles. The van der Waals surface area contributed by atoms with E-state index < -0.39 is 32.4 Å². The molecule has 20 heavy (non-hydrogen) atoms. The highest BCUT2D eigenvalue weighted by Gasteiger charge is 2.64. The Morgan fingerprint density at radius 3 is 2.40 bits per heavy atom. The fourth-order valence-corrected chi connectivity index (χ4v) is 2.48. The van der Waals surface area contributed by atoms with Crippen LogP contribution in [0, 0.1) is 5.41 Å². The fourth-order valence-electron chi connectivity index (χ4n) is 1.97. The second-order valence-electron chi connectivity index (χ2n) is 4.89. The Bertz CT molecular complexity index is 648. The first-order valence-corrected chi connectivity index (χ1v) is 7.19. The number of anilines is 1. The molecule has 0 atom stereocenters. The molecular formula is C12H12F3NO3S. The van der Waals surface area contributed by atoms with Crippen molar-refractivity contribution in [1.29, 1.82) is 0 Å². The van der Waals surface area contributed by atoms with Crippen LogP contribution in [0.15, 0.2) is 29.2 Å². The highest BCUT2D eigenvalue weighted by Crippen LogP contribution is 2.57. The van der Waals surface area contributed by atoms with Gasteiger partial charge in [-0.05, 0) is 31.0 Å². The molecule has 0 aromatic heterocycles. The highest BCUT2D eigenvalue weighted by atomic mass is 32.3. The summed E-state index contributed by atoms with van der Waals surface area (Å²) in [5, 5.41) is 2.21. The summed E-state index contributed by atoms with van der Waals surface area (Å²) >= 11 is 0. The molecule has 1 N–H and O–H groups in total. The Morgan fingerprint density at radius 2 is 1.95 bits per heavy atom. The molecule has 1 saturated carbocycles. The first-order valence-electron chi connectivity index (χ1n) is 5.80. The van der Waals surface area contributed by atoms with Crippen molar-refractivity contribution in [2.75, 3.05) is 5.32 Å². The molecule has 0 radical (unpaired) electrons. The molecule has 0 unspecified atom stereocenters. The van der Waals surface area contributed by atoms with Gasteiger partial charge >= 0.3 is 10.2 Å². The van der Waals surface area contributed by atoms with Gasteiger partial charge in [0.1, 0.15) is 10.3 Å². The van der Waals surface area contributed by atoms with Crippen molar-refractivity contribution in [2.45, 2.75) is 30.6 Å². The van der Waals surface area contributed by atoms with Gasteiger partial charge in [0.05, 0.1) is 0 Å². The van der Waals surface area contributed by atoms with Gasteiger partial charge in [-0.25, -0.2) is 8.78 Å². The van der Waals surface area contributed by atoms with E-state index in [2.05, 4.69) is 5.32 Å². The molecule has 110 valence electrons. The summed E-state index contributed by atoms with van der Waals surface area (Å²) in [5.41, 5.74) is -1.79. The zero-order chi connectivity index (χ0) is 15.2. The zero-order valence-corrected chi connectivity index (χ0v) is 11.3. The van der Waals surface area contributed by atoms with Crippen molar-refractivity contribution in [1.82, 2.24) is 0 Å². The van der Waals surface area contributed by atoms with Crippen LogP contribution in [0.25, 0.3) is 0 Å². The Kier molecular flexibility index (Phi) is 3.32. The minimum Gasteiger partial charge on any atom is -0.325 e. The van der Waals surface area contributed by atoms with Gasteiger partial charge in [0.2, 0.25) is 5.91 Å². The summed E-state index contributed by atoms with van der Waals surface area (Å²) in [7, 11) is -4.91. The molecule has 0 bridgehead atoms. The maximum atomic E-state index is 13.4. The maximum Gasteiger partial charge on any atom is 0.332 e. The number of carbonyl (C=O) groups is 1. The quantitative estimate of drug-likeness (QED) is 0.870. The van der Waals surface area contributed by atoms with E-state index in [0.29, 0.717) is 6.92 Å². The number of hydrogen-bond acceptors (Lipinski definition) is 3. The van der Waals surface area contributed by atoms with Gasteiger partial charge in [-0.1, -0.05) is 6.07 Å². The largest absolute Gasteiger partial charge is 0.332 e. The van der Waals surface area contributed by atoms with Crippen molar-refractivity contribution in [3.8, 4) is 0 Å². The summed E-state index contributed by atoms with van der Waals surface area (Å²) in [5.74, 6) is -4.06. The lowest BCUT2D eigenvalue weighted by molar-refractivity contribution is -0.136. The third-order valence-electron chi connectivity index (χ3n) is 3.40. The third-order valence-corrected chi connectivity index (χ3v) is 4.22. The van der Waals surface area contributed by atoms with Gasteiger partial charge in [-0.15, -0.1) is 3.89 Å². The van der Waals surface area contributed by atoms with Crippen LogP contribution in [-0.4, -0.2) is 20.2 Å². The standard InChI is InChI=1S/C12H12F3NO3S/c1-11(13,14)12(5-6-12)10(17)16-8-3-2-4-9(7-8)20(15,18)19/h2-4,7H,5-6H2,1H3,(H,16,17). The topological polar surface area (TPSA) is 63.2 Å². The molecule has 2 rings (SSSR count). The second-order valence-corrected chi connectivity index (χ2v) is 6.24. The Morgan fingerprint density at radius 1 is 1.35 bits per heavy atom. The van der Waals surface area contributed by atoms with E-state index in [-0.39, 0.29) is 18.5 Å². The molecule has 1 aromatic rings. The Labute approximate surface area is 114 Å². The predicted octanol–water partition coefficient (Wildman–Crippen LogP) is 2.72. The summed E-state index contributed by atoms with van der Waals surface area (Å²) in [4.78, 5) is 11.2. The number of rotatable bonds is 4. The van der Waals surface area contributed by atoms with Crippen LogP contribution in [0.4, 0.5) is 18.4 Å². The van der Waals surface area contributed by atoms with Crippen LogP contribution in [0.3, 0.4) is 0 Å². The smallest absolute Gasteiger partial charge is 0.325 e. The van der Waals surface area contributed by atoms with E-state index in [0.717, 1.165) is 12.1 Å². The van der Waals surface area contributed by atoms with Crippen LogP contribution < -0.4 is 5.32 Å². The first kappa shape index (κ1) is 14.8. The monoisotopic (exact) mass is 307 g/mol. The van der Waals surface area contributed by atoms with E-state index in [4.69, 9.17) is 0 Å². The van der Waals surface area contributed by atoms with Gasteiger partial charge in [0.25, 0.3) is 5.92 Å². The molecule has 1 aromatic carbocycles. The molecule has 1 fully saturated rings. The van der Waals surface area contributed by atoms with Crippen molar-refractivity contribution >= 4 is 21.8 Å². The lowest BCUT2D eigenvalue weighted by Gasteiger charge is -2.22. The number of amides is 1. The normalized spacial score (nSPS) is 17.6. The molecular weight excluding hydrogens is 295 g/mol. The molecule has 1 amide bonds. The number of carbonyl (C=O) groups excluding carboxylic acids is 1. The van der Waals surface area contributed by atoms with Crippen molar-refractivity contribution in [3.05, 3.63) is 24.3 Å². The lowest BCUT2D eigenvalue weighted by Crippen LogP contribution is -2.37. The van der Waals surface area contributed by atoms with Crippen molar-refractivity contribution in [3.63, 3.8) is 0 Å². The Balaban J connectivity index is 2.22. The average Bonchev–Trinajstić information content (AvgIpc) is 3.08. The molecule has 0 heterocycles. The SMILES string of the molecule is CC(F)(F)C1(C(=O)Nc2cccc(S(=O)(=O)F)c2)CC1. The summed E-state index contributed by atoms with van der Waals surface area (Å²) in [6.45, 7) is 0.669. The lowest BCUT2D eigenvalue weighted by atomic mass is 9.98. The number of nitrogens with one attached hydrogen (secondary N) is 1. The molecule has 4 nitrogen and oxygen atoms in total. The van der Waals surface area contributed by atoms with E-state index >= 15 is 0 Å². The molecule has 8 heteroatoms. The highest BCUT2D eigenvalue weighted by molar-refractivity contribution is 7.86. The van der Waals surface area contributed by atoms with Gasteiger partial charge in [0.15, 0.2) is 0 Å². The van der Waals surface area contributed by atoms with E-state index in [1.165, 1.54) is 12.1 Å².